The van der Waals surface area contributed by atoms with Crippen LogP contribution in [0.4, 0.5) is 11.4 Å². The molecular weight excluding hydrogens is 509 g/mol. The fourth-order valence-electron chi connectivity index (χ4n) is 2.78. The van der Waals surface area contributed by atoms with Gasteiger partial charge in [0.25, 0.3) is 5.91 Å². The maximum absolute atomic E-state index is 12.4. The summed E-state index contributed by atoms with van der Waals surface area (Å²) in [4.78, 5) is 24.6. The molecule has 0 saturated heterocycles. The summed E-state index contributed by atoms with van der Waals surface area (Å²) >= 11 is 7.36. The van der Waals surface area contributed by atoms with Gasteiger partial charge in [0, 0.05) is 21.4 Å². The van der Waals surface area contributed by atoms with E-state index in [4.69, 9.17) is 12.2 Å². The van der Waals surface area contributed by atoms with E-state index in [9.17, 15) is 9.59 Å². The van der Waals surface area contributed by atoms with E-state index in [0.717, 1.165) is 9.13 Å². The van der Waals surface area contributed by atoms with Gasteiger partial charge in [-0.05, 0) is 77.1 Å². The van der Waals surface area contributed by atoms with Crippen molar-refractivity contribution in [1.29, 1.82) is 0 Å². The van der Waals surface area contributed by atoms with E-state index in [1.807, 2.05) is 48.5 Å². The standard InChI is InChI=1S/C23H20IN3O2S/c24-20-12-5-4-11-19(20)22(29)27-23(30)26-18-10-6-9-17(15-18)25-21(28)14-13-16-7-2-1-3-8-16/h1-12,15H,13-14H2,(H,25,28)(H2,26,27,29,30). The van der Waals surface area contributed by atoms with E-state index in [2.05, 4.69) is 38.5 Å². The van der Waals surface area contributed by atoms with Crippen LogP contribution in [0.25, 0.3) is 0 Å². The number of thiocarbonyl (C=S) groups is 1. The molecule has 0 fully saturated rings. The third-order valence-electron chi connectivity index (χ3n) is 4.23. The second-order valence-electron chi connectivity index (χ2n) is 6.50. The van der Waals surface area contributed by atoms with Crippen molar-refractivity contribution in [3.05, 3.63) is 93.6 Å². The van der Waals surface area contributed by atoms with Crippen LogP contribution in [0.3, 0.4) is 0 Å². The van der Waals surface area contributed by atoms with Crippen molar-refractivity contribution in [3.63, 3.8) is 0 Å². The highest BCUT2D eigenvalue weighted by atomic mass is 127. The molecule has 0 spiro atoms. The molecule has 0 saturated carbocycles. The molecular formula is C23H20IN3O2S. The normalized spacial score (nSPS) is 10.2. The van der Waals surface area contributed by atoms with E-state index in [-0.39, 0.29) is 16.9 Å². The second-order valence-corrected chi connectivity index (χ2v) is 8.07. The molecule has 0 aliphatic carbocycles. The third kappa shape index (κ3) is 6.64. The second kappa shape index (κ2) is 10.8. The summed E-state index contributed by atoms with van der Waals surface area (Å²) in [7, 11) is 0. The first-order valence-corrected chi connectivity index (χ1v) is 10.8. The molecule has 0 bridgehead atoms. The van der Waals surface area contributed by atoms with Crippen LogP contribution in [0.15, 0.2) is 78.9 Å². The van der Waals surface area contributed by atoms with Crippen LogP contribution in [0.5, 0.6) is 0 Å². The van der Waals surface area contributed by atoms with Crippen molar-refractivity contribution < 1.29 is 9.59 Å². The number of rotatable bonds is 6. The zero-order valence-electron chi connectivity index (χ0n) is 16.0. The van der Waals surface area contributed by atoms with Crippen molar-refractivity contribution in [1.82, 2.24) is 5.32 Å². The lowest BCUT2D eigenvalue weighted by Crippen LogP contribution is -2.34. The number of anilines is 2. The number of hydrogen-bond donors (Lipinski definition) is 3. The lowest BCUT2D eigenvalue weighted by atomic mass is 10.1. The van der Waals surface area contributed by atoms with E-state index >= 15 is 0 Å². The Kier molecular flexibility index (Phi) is 7.92. The van der Waals surface area contributed by atoms with Crippen molar-refractivity contribution in [2.24, 2.45) is 0 Å². The van der Waals surface area contributed by atoms with E-state index < -0.39 is 0 Å². The van der Waals surface area contributed by atoms with Crippen LogP contribution >= 0.6 is 34.8 Å². The average molecular weight is 529 g/mol. The van der Waals surface area contributed by atoms with Gasteiger partial charge in [0.05, 0.1) is 5.56 Å². The Balaban J connectivity index is 1.53. The predicted octanol–water partition coefficient (Wildman–Crippen LogP) is 4.99. The highest BCUT2D eigenvalue weighted by molar-refractivity contribution is 14.1. The molecule has 0 aliphatic rings. The zero-order chi connectivity index (χ0) is 21.3. The van der Waals surface area contributed by atoms with Crippen molar-refractivity contribution in [3.8, 4) is 0 Å². The van der Waals surface area contributed by atoms with E-state index in [1.54, 1.807) is 30.3 Å². The first-order valence-electron chi connectivity index (χ1n) is 9.32. The zero-order valence-corrected chi connectivity index (χ0v) is 19.0. The van der Waals surface area contributed by atoms with Gasteiger partial charge in [0.2, 0.25) is 5.91 Å². The Bertz CT molecular complexity index is 1060. The van der Waals surface area contributed by atoms with Gasteiger partial charge in [-0.15, -0.1) is 0 Å². The number of aryl methyl sites for hydroxylation is 1. The number of amides is 2. The molecule has 0 atom stereocenters. The van der Waals surface area contributed by atoms with Crippen LogP contribution in [-0.4, -0.2) is 16.9 Å². The van der Waals surface area contributed by atoms with Gasteiger partial charge < -0.3 is 10.6 Å². The summed E-state index contributed by atoms with van der Waals surface area (Å²) in [6.45, 7) is 0. The SMILES string of the molecule is O=C(CCc1ccccc1)Nc1cccc(NC(=S)NC(=O)c2ccccc2I)c1. The summed E-state index contributed by atoms with van der Waals surface area (Å²) in [5.74, 6) is -0.339. The summed E-state index contributed by atoms with van der Waals surface area (Å²) < 4.78 is 0.843. The lowest BCUT2D eigenvalue weighted by molar-refractivity contribution is -0.116. The molecule has 0 aliphatic heterocycles. The number of nitrogens with one attached hydrogen (secondary N) is 3. The van der Waals surface area contributed by atoms with Crippen molar-refractivity contribution in [2.45, 2.75) is 12.8 Å². The molecule has 0 unspecified atom stereocenters. The molecule has 3 aromatic rings. The molecule has 152 valence electrons. The largest absolute Gasteiger partial charge is 0.332 e. The van der Waals surface area contributed by atoms with E-state index in [0.29, 0.717) is 29.8 Å². The number of carbonyl (C=O) groups is 2. The molecule has 2 amide bonds. The summed E-state index contributed by atoms with van der Waals surface area (Å²) in [6, 6.07) is 24.3. The Morgan fingerprint density at radius 3 is 2.23 bits per heavy atom. The van der Waals surface area contributed by atoms with Crippen molar-refractivity contribution >= 4 is 63.1 Å². The van der Waals surface area contributed by atoms with Gasteiger partial charge in [-0.25, -0.2) is 0 Å². The fraction of sp³-hybridized carbons (Fsp3) is 0.0870. The van der Waals surface area contributed by atoms with E-state index in [1.165, 1.54) is 0 Å². The molecule has 3 aromatic carbocycles. The smallest absolute Gasteiger partial charge is 0.258 e. The molecule has 0 heterocycles. The van der Waals surface area contributed by atoms with Crippen molar-refractivity contribution in [2.75, 3.05) is 10.6 Å². The highest BCUT2D eigenvalue weighted by Crippen LogP contribution is 2.16. The van der Waals surface area contributed by atoms with Gasteiger partial charge in [-0.2, -0.15) is 0 Å². The first-order chi connectivity index (χ1) is 14.5. The Morgan fingerprint density at radius 1 is 0.833 bits per heavy atom. The molecule has 0 radical (unpaired) electrons. The summed E-state index contributed by atoms with van der Waals surface area (Å²) in [5, 5.41) is 8.73. The Labute approximate surface area is 194 Å². The summed E-state index contributed by atoms with van der Waals surface area (Å²) in [5.41, 5.74) is 3.01. The quantitative estimate of drug-likeness (QED) is 0.311. The fourth-order valence-corrected chi connectivity index (χ4v) is 3.62. The Hall–Kier alpha value is -2.78. The van der Waals surface area contributed by atoms with Crippen LogP contribution < -0.4 is 16.0 Å². The van der Waals surface area contributed by atoms with Gasteiger partial charge in [0.15, 0.2) is 5.11 Å². The van der Waals surface area contributed by atoms with Gasteiger partial charge in [-0.1, -0.05) is 48.5 Å². The van der Waals surface area contributed by atoms with Gasteiger partial charge in [0.1, 0.15) is 0 Å². The number of carbonyl (C=O) groups excluding carboxylic acids is 2. The topological polar surface area (TPSA) is 70.2 Å². The molecule has 7 heteroatoms. The van der Waals surface area contributed by atoms with Crippen LogP contribution in [0, 0.1) is 3.57 Å². The molecule has 3 rings (SSSR count). The van der Waals surface area contributed by atoms with Gasteiger partial charge in [-0.3, -0.25) is 14.9 Å². The number of benzene rings is 3. The third-order valence-corrected chi connectivity index (χ3v) is 5.38. The number of halogens is 1. The minimum atomic E-state index is -0.275. The predicted molar refractivity (Wildman–Crippen MR) is 133 cm³/mol. The average Bonchev–Trinajstić information content (AvgIpc) is 2.73. The molecule has 3 N–H and O–H groups in total. The minimum Gasteiger partial charge on any atom is -0.332 e. The van der Waals surface area contributed by atoms with Gasteiger partial charge >= 0.3 is 0 Å². The Morgan fingerprint density at radius 2 is 1.50 bits per heavy atom. The van der Waals surface area contributed by atoms with Crippen LogP contribution in [0.2, 0.25) is 0 Å². The lowest BCUT2D eigenvalue weighted by Gasteiger charge is -2.12. The number of hydrogen-bond acceptors (Lipinski definition) is 3. The molecule has 0 aromatic heterocycles. The maximum Gasteiger partial charge on any atom is 0.258 e. The van der Waals surface area contributed by atoms with Crippen LogP contribution in [0.1, 0.15) is 22.3 Å². The monoisotopic (exact) mass is 529 g/mol. The molecule has 30 heavy (non-hydrogen) atoms. The highest BCUT2D eigenvalue weighted by Gasteiger charge is 2.11. The first kappa shape index (κ1) is 21.9. The minimum absolute atomic E-state index is 0.0643. The molecule has 5 nitrogen and oxygen atoms in total. The summed E-state index contributed by atoms with van der Waals surface area (Å²) in [6.07, 6.45) is 1.07. The van der Waals surface area contributed by atoms with Crippen LogP contribution in [-0.2, 0) is 11.2 Å². The maximum atomic E-state index is 12.4.